The molecular weight excluding hydrogens is 202 g/mol. The van der Waals surface area contributed by atoms with Gasteiger partial charge in [-0.05, 0) is 24.3 Å². The summed E-state index contributed by atoms with van der Waals surface area (Å²) in [4.78, 5) is 0. The van der Waals surface area contributed by atoms with Crippen molar-refractivity contribution in [2.24, 2.45) is 7.05 Å². The van der Waals surface area contributed by atoms with Gasteiger partial charge < -0.3 is 4.57 Å². The molecule has 0 aliphatic heterocycles. The molecule has 1 aromatic heterocycles. The quantitative estimate of drug-likeness (QED) is 0.761. The first-order valence-corrected chi connectivity index (χ1v) is 6.51. The number of nitrogens with zero attached hydrogens (tertiary/aromatic N) is 1. The lowest BCUT2D eigenvalue weighted by molar-refractivity contribution is 0.906. The van der Waals surface area contributed by atoms with Crippen molar-refractivity contribution in [2.45, 2.75) is 19.6 Å². The van der Waals surface area contributed by atoms with Crippen LogP contribution in [0.1, 0.15) is 18.2 Å². The van der Waals surface area contributed by atoms with Crippen LogP contribution in [0.2, 0.25) is 0 Å². The van der Waals surface area contributed by atoms with Crippen molar-refractivity contribution in [3.63, 3.8) is 0 Å². The van der Waals surface area contributed by atoms with Gasteiger partial charge in [0.05, 0.1) is 5.52 Å². The molecule has 0 radical (unpaired) electrons. The van der Waals surface area contributed by atoms with Crippen LogP contribution in [-0.2, 0) is 12.8 Å². The zero-order valence-electron chi connectivity index (χ0n) is 9.58. The fourth-order valence-corrected chi connectivity index (χ4v) is 2.71. The van der Waals surface area contributed by atoms with Crippen molar-refractivity contribution in [1.82, 2.24) is 4.57 Å². The normalized spacial score (nSPS) is 11.1. The molecule has 0 aliphatic carbocycles. The molecule has 0 aliphatic rings. The Labute approximate surface area is 95.5 Å². The van der Waals surface area contributed by atoms with Crippen LogP contribution in [0.4, 0.5) is 0 Å². The predicted octanol–water partition coefficient (Wildman–Crippen LogP) is 3.74. The molecule has 2 rings (SSSR count). The van der Waals surface area contributed by atoms with Crippen LogP contribution >= 0.6 is 11.8 Å². The minimum Gasteiger partial charge on any atom is -0.347 e. The van der Waals surface area contributed by atoms with Crippen LogP contribution in [-0.4, -0.2) is 10.3 Å². The molecule has 1 heterocycles. The molecule has 0 spiro atoms. The van der Waals surface area contributed by atoms with E-state index in [1.807, 2.05) is 11.8 Å². The minimum atomic E-state index is 1.11. The van der Waals surface area contributed by atoms with E-state index >= 15 is 0 Å². The summed E-state index contributed by atoms with van der Waals surface area (Å²) in [5, 5.41) is 1.37. The fourth-order valence-electron chi connectivity index (χ4n) is 2.02. The van der Waals surface area contributed by atoms with Crippen LogP contribution in [0.5, 0.6) is 0 Å². The summed E-state index contributed by atoms with van der Waals surface area (Å²) in [5.41, 5.74) is 4.16. The maximum absolute atomic E-state index is 2.33. The SMILES string of the molecule is CCSCc1cc2cccc(C)c2n1C. The second kappa shape index (κ2) is 4.31. The summed E-state index contributed by atoms with van der Waals surface area (Å²) >= 11 is 1.98. The molecule has 0 unspecified atom stereocenters. The van der Waals surface area contributed by atoms with Crippen molar-refractivity contribution in [3.8, 4) is 0 Å². The Morgan fingerprint density at radius 2 is 2.13 bits per heavy atom. The van der Waals surface area contributed by atoms with Gasteiger partial charge in [0.2, 0.25) is 0 Å². The molecule has 0 atom stereocenters. The Kier molecular flexibility index (Phi) is 3.06. The van der Waals surface area contributed by atoms with E-state index in [0.717, 1.165) is 5.75 Å². The molecule has 80 valence electrons. The van der Waals surface area contributed by atoms with Gasteiger partial charge in [-0.25, -0.2) is 0 Å². The molecule has 0 fully saturated rings. The Hall–Kier alpha value is -0.890. The first-order valence-electron chi connectivity index (χ1n) is 5.35. The maximum atomic E-state index is 2.33. The summed E-state index contributed by atoms with van der Waals surface area (Å²) in [6.07, 6.45) is 0. The van der Waals surface area contributed by atoms with Crippen molar-refractivity contribution >= 4 is 22.7 Å². The van der Waals surface area contributed by atoms with E-state index in [1.165, 1.54) is 27.9 Å². The van der Waals surface area contributed by atoms with Crippen molar-refractivity contribution in [2.75, 3.05) is 5.75 Å². The lowest BCUT2D eigenvalue weighted by atomic mass is 10.2. The number of para-hydroxylation sites is 1. The molecule has 0 bridgehead atoms. The summed E-state index contributed by atoms with van der Waals surface area (Å²) in [6, 6.07) is 8.82. The minimum absolute atomic E-state index is 1.11. The highest BCUT2D eigenvalue weighted by Gasteiger charge is 2.06. The second-order valence-corrected chi connectivity index (χ2v) is 5.12. The Morgan fingerprint density at radius 3 is 2.80 bits per heavy atom. The molecule has 0 N–H and O–H groups in total. The van der Waals surface area contributed by atoms with E-state index in [-0.39, 0.29) is 0 Å². The van der Waals surface area contributed by atoms with E-state index in [0.29, 0.717) is 0 Å². The molecule has 1 nitrogen and oxygen atoms in total. The maximum Gasteiger partial charge on any atom is 0.0509 e. The molecule has 1 aromatic carbocycles. The molecule has 2 aromatic rings. The molecule has 0 saturated heterocycles. The highest BCUT2D eigenvalue weighted by atomic mass is 32.2. The van der Waals surface area contributed by atoms with Crippen molar-refractivity contribution in [1.29, 1.82) is 0 Å². The van der Waals surface area contributed by atoms with Gasteiger partial charge in [0.15, 0.2) is 0 Å². The Balaban J connectivity index is 2.50. The molecule has 0 amide bonds. The monoisotopic (exact) mass is 219 g/mol. The number of rotatable bonds is 3. The topological polar surface area (TPSA) is 4.93 Å². The number of benzene rings is 1. The largest absolute Gasteiger partial charge is 0.347 e. The molecule has 0 saturated carbocycles. The fraction of sp³-hybridized carbons (Fsp3) is 0.385. The lowest BCUT2D eigenvalue weighted by Gasteiger charge is -2.04. The number of thioether (sulfide) groups is 1. The van der Waals surface area contributed by atoms with Gasteiger partial charge in [0.25, 0.3) is 0 Å². The van der Waals surface area contributed by atoms with E-state index in [1.54, 1.807) is 0 Å². The lowest BCUT2D eigenvalue weighted by Crippen LogP contribution is -1.95. The zero-order valence-corrected chi connectivity index (χ0v) is 10.4. The number of aryl methyl sites for hydroxylation is 2. The van der Waals surface area contributed by atoms with Crippen molar-refractivity contribution in [3.05, 3.63) is 35.5 Å². The van der Waals surface area contributed by atoms with E-state index in [2.05, 4.69) is 49.7 Å². The first kappa shape index (κ1) is 10.6. The summed E-state index contributed by atoms with van der Waals surface area (Å²) in [7, 11) is 2.17. The number of aromatic nitrogens is 1. The first-order chi connectivity index (χ1) is 7.24. The van der Waals surface area contributed by atoms with Gasteiger partial charge in [0, 0.05) is 23.9 Å². The van der Waals surface area contributed by atoms with E-state index in [4.69, 9.17) is 0 Å². The van der Waals surface area contributed by atoms with Gasteiger partial charge in [-0.1, -0.05) is 25.1 Å². The summed E-state index contributed by atoms with van der Waals surface area (Å²) in [5.74, 6) is 2.29. The average Bonchev–Trinajstić information content (AvgIpc) is 2.54. The van der Waals surface area contributed by atoms with Gasteiger partial charge in [0.1, 0.15) is 0 Å². The molecular formula is C13H17NS. The highest BCUT2D eigenvalue weighted by Crippen LogP contribution is 2.24. The molecule has 2 heteroatoms. The summed E-state index contributed by atoms with van der Waals surface area (Å²) < 4.78 is 2.33. The third kappa shape index (κ3) is 1.91. The Bertz CT molecular complexity index is 471. The van der Waals surface area contributed by atoms with Gasteiger partial charge >= 0.3 is 0 Å². The highest BCUT2D eigenvalue weighted by molar-refractivity contribution is 7.98. The zero-order chi connectivity index (χ0) is 10.8. The van der Waals surface area contributed by atoms with Crippen LogP contribution in [0.25, 0.3) is 10.9 Å². The number of hydrogen-bond acceptors (Lipinski definition) is 1. The van der Waals surface area contributed by atoms with Gasteiger partial charge in [-0.15, -0.1) is 0 Å². The standard InChI is InChI=1S/C13H17NS/c1-4-15-9-12-8-11-7-5-6-10(2)13(11)14(12)3/h5-8H,4,9H2,1-3H3. The van der Waals surface area contributed by atoms with E-state index < -0.39 is 0 Å². The third-order valence-electron chi connectivity index (χ3n) is 2.81. The Morgan fingerprint density at radius 1 is 1.33 bits per heavy atom. The van der Waals surface area contributed by atoms with Crippen molar-refractivity contribution < 1.29 is 0 Å². The number of fused-ring (bicyclic) bond motifs is 1. The van der Waals surface area contributed by atoms with Crippen LogP contribution < -0.4 is 0 Å². The third-order valence-corrected chi connectivity index (χ3v) is 3.72. The predicted molar refractivity (Wildman–Crippen MR) is 69.5 cm³/mol. The summed E-state index contributed by atoms with van der Waals surface area (Å²) in [6.45, 7) is 4.39. The van der Waals surface area contributed by atoms with Crippen LogP contribution in [0.15, 0.2) is 24.3 Å². The van der Waals surface area contributed by atoms with Crippen LogP contribution in [0.3, 0.4) is 0 Å². The van der Waals surface area contributed by atoms with Gasteiger partial charge in [-0.2, -0.15) is 11.8 Å². The average molecular weight is 219 g/mol. The van der Waals surface area contributed by atoms with Crippen LogP contribution in [0, 0.1) is 6.92 Å². The molecule has 15 heavy (non-hydrogen) atoms. The number of hydrogen-bond donors (Lipinski definition) is 0. The van der Waals surface area contributed by atoms with E-state index in [9.17, 15) is 0 Å². The second-order valence-electron chi connectivity index (χ2n) is 3.84. The smallest absolute Gasteiger partial charge is 0.0509 e. The van der Waals surface area contributed by atoms with Gasteiger partial charge in [-0.3, -0.25) is 0 Å².